The number of carbonyl (C=O) groups is 5. The largest absolute Gasteiger partial charge is 0.503 e. The second-order valence-electron chi connectivity index (χ2n) is 3.37. The maximum atomic E-state index is 9.85. The van der Waals surface area contributed by atoms with Gasteiger partial charge in [0.1, 0.15) is 12.1 Å². The lowest BCUT2D eigenvalue weighted by Gasteiger charge is -1.99. The van der Waals surface area contributed by atoms with E-state index in [0.29, 0.717) is 0 Å². The number of hydrogen-bond donors (Lipinski definition) is 8. The third kappa shape index (κ3) is 37.1. The Bertz CT molecular complexity index is 382. The molecule has 0 aliphatic heterocycles. The molecule has 0 saturated heterocycles. The summed E-state index contributed by atoms with van der Waals surface area (Å²) < 4.78 is 0. The van der Waals surface area contributed by atoms with E-state index < -0.39 is 55.0 Å². The van der Waals surface area contributed by atoms with E-state index in [-0.39, 0.29) is 46.1 Å². The molecule has 10 N–H and O–H groups in total. The summed E-state index contributed by atoms with van der Waals surface area (Å²) in [5, 5.41) is 46.0. The minimum absolute atomic E-state index is 0. The lowest BCUT2D eigenvalue weighted by Crippen LogP contribution is -2.32. The zero-order chi connectivity index (χ0) is 18.5. The summed E-state index contributed by atoms with van der Waals surface area (Å²) in [4.78, 5) is 47.8. The second kappa shape index (κ2) is 19.6. The van der Waals surface area contributed by atoms with Gasteiger partial charge in [-0.2, -0.15) is 0 Å². The van der Waals surface area contributed by atoms with Crippen molar-refractivity contribution in [1.29, 1.82) is 0 Å². The lowest BCUT2D eigenvalue weighted by atomic mass is 10.2. The maximum absolute atomic E-state index is 9.85. The zero-order valence-electron chi connectivity index (χ0n) is 10.9. The molecule has 0 heterocycles. The third-order valence-corrected chi connectivity index (χ3v) is 1.42. The Morgan fingerprint density at radius 3 is 0.833 bits per heavy atom. The first-order chi connectivity index (χ1) is 9.81. The van der Waals surface area contributed by atoms with Gasteiger partial charge < -0.3 is 42.1 Å². The molecule has 0 aromatic heterocycles. The van der Waals surface area contributed by atoms with Gasteiger partial charge in [-0.25, -0.2) is 4.79 Å². The van der Waals surface area contributed by atoms with Crippen LogP contribution in [0.4, 0.5) is 4.79 Å². The highest BCUT2D eigenvalue weighted by Gasteiger charge is 2.15. The first kappa shape index (κ1) is 34.0. The molecular formula is C9H20Mg2N2O11. The average molecular weight is 381 g/mol. The van der Waals surface area contributed by atoms with Gasteiger partial charge in [0, 0.05) is 0 Å². The van der Waals surface area contributed by atoms with E-state index in [1.165, 1.54) is 0 Å². The van der Waals surface area contributed by atoms with Crippen LogP contribution in [0.2, 0.25) is 0 Å². The molecule has 0 aromatic rings. The molecule has 0 aromatic carbocycles. The zero-order valence-corrected chi connectivity index (χ0v) is 10.9. The molecule has 0 spiro atoms. The van der Waals surface area contributed by atoms with Crippen LogP contribution < -0.4 is 11.5 Å². The van der Waals surface area contributed by atoms with Crippen molar-refractivity contribution in [2.24, 2.45) is 11.5 Å². The van der Waals surface area contributed by atoms with Crippen molar-refractivity contribution in [3.8, 4) is 0 Å². The molecule has 13 nitrogen and oxygen atoms in total. The molecule has 136 valence electrons. The number of aliphatic carboxylic acids is 4. The minimum atomic E-state index is -1.83. The summed E-state index contributed by atoms with van der Waals surface area (Å²) in [6, 6.07) is -2.58. The summed E-state index contributed by atoms with van der Waals surface area (Å²) in [5.74, 6) is -5.00. The highest BCUT2D eigenvalue weighted by atomic mass is 24.3. The van der Waals surface area contributed by atoms with Gasteiger partial charge >= 0.3 is 76.1 Å². The topological polar surface area (TPSA) is 259 Å². The molecular weight excluding hydrogens is 361 g/mol. The standard InChI is InChI=1S/2C4H7NO4.CH2O3.2Mg.4H/c2*5-2(4(8)9)1-3(6)7;2-1(3)4;;;;;;/h2*2H,1,5H2,(H,6,7)(H,8,9);(H2,2,3,4);;;;;;/t2*2-;;;;;;;/m00......./s1. The maximum Gasteiger partial charge on any atom is 0.503 e. The van der Waals surface area contributed by atoms with E-state index in [9.17, 15) is 19.2 Å². The quantitative estimate of drug-likeness (QED) is 0.205. The fraction of sp³-hybridized carbons (Fsp3) is 0.444. The van der Waals surface area contributed by atoms with E-state index in [0.717, 1.165) is 0 Å². The van der Waals surface area contributed by atoms with Crippen LogP contribution in [0.15, 0.2) is 0 Å². The van der Waals surface area contributed by atoms with E-state index in [4.69, 9.17) is 46.9 Å². The van der Waals surface area contributed by atoms with Gasteiger partial charge in [-0.15, -0.1) is 0 Å². The van der Waals surface area contributed by atoms with Crippen LogP contribution in [0.5, 0.6) is 0 Å². The Morgan fingerprint density at radius 1 is 0.625 bits per heavy atom. The molecule has 0 aliphatic carbocycles. The van der Waals surface area contributed by atoms with Crippen molar-refractivity contribution in [2.45, 2.75) is 24.9 Å². The SMILES string of the molecule is N[C@@H](CC(=O)O)C(=O)O.N[C@@H](CC(=O)O)C(=O)O.O=C(O)O.[MgH2].[MgH2]. The van der Waals surface area contributed by atoms with Gasteiger partial charge in [0.05, 0.1) is 12.8 Å². The van der Waals surface area contributed by atoms with Crippen LogP contribution in [-0.4, -0.2) is 119 Å². The molecule has 0 fully saturated rings. The molecule has 0 bridgehead atoms. The molecule has 0 amide bonds. The minimum Gasteiger partial charge on any atom is -0.481 e. The highest BCUT2D eigenvalue weighted by molar-refractivity contribution is 5.80. The fourth-order valence-corrected chi connectivity index (χ4v) is 0.551. The Hall–Kier alpha value is -1.40. The van der Waals surface area contributed by atoms with Crippen LogP contribution >= 0.6 is 0 Å². The number of rotatable bonds is 6. The van der Waals surface area contributed by atoms with Gasteiger partial charge in [0.15, 0.2) is 0 Å². The van der Waals surface area contributed by atoms with Crippen molar-refractivity contribution in [3.05, 3.63) is 0 Å². The highest BCUT2D eigenvalue weighted by Crippen LogP contribution is 1.86. The molecule has 2 atom stereocenters. The summed E-state index contributed by atoms with van der Waals surface area (Å²) in [6.45, 7) is 0. The second-order valence-corrected chi connectivity index (χ2v) is 3.37. The smallest absolute Gasteiger partial charge is 0.481 e. The van der Waals surface area contributed by atoms with E-state index in [1.54, 1.807) is 0 Å². The number of hydrogen-bond acceptors (Lipinski definition) is 7. The Kier molecular flexibility index (Phi) is 27.9. The van der Waals surface area contributed by atoms with Crippen molar-refractivity contribution in [1.82, 2.24) is 0 Å². The predicted molar refractivity (Wildman–Crippen MR) is 83.5 cm³/mol. The Balaban J connectivity index is -0.0000000771. The molecule has 24 heavy (non-hydrogen) atoms. The van der Waals surface area contributed by atoms with Crippen molar-refractivity contribution >= 4 is 76.1 Å². The molecule has 15 heteroatoms. The number of carboxylic acid groups (broad SMARTS) is 6. The van der Waals surface area contributed by atoms with Crippen molar-refractivity contribution in [2.75, 3.05) is 0 Å². The van der Waals surface area contributed by atoms with Crippen LogP contribution in [0, 0.1) is 0 Å². The normalized spacial score (nSPS) is 10.4. The molecule has 0 radical (unpaired) electrons. The molecule has 0 saturated carbocycles. The van der Waals surface area contributed by atoms with Crippen LogP contribution in [0.1, 0.15) is 12.8 Å². The van der Waals surface area contributed by atoms with Crippen LogP contribution in [0.25, 0.3) is 0 Å². The van der Waals surface area contributed by atoms with E-state index in [1.807, 2.05) is 0 Å². The van der Waals surface area contributed by atoms with Crippen molar-refractivity contribution in [3.63, 3.8) is 0 Å². The first-order valence-electron chi connectivity index (χ1n) is 5.13. The Morgan fingerprint density at radius 2 is 0.792 bits per heavy atom. The third-order valence-electron chi connectivity index (χ3n) is 1.42. The van der Waals surface area contributed by atoms with Crippen LogP contribution in [0.3, 0.4) is 0 Å². The molecule has 0 unspecified atom stereocenters. The fourth-order valence-electron chi connectivity index (χ4n) is 0.551. The summed E-state index contributed by atoms with van der Waals surface area (Å²) in [5.41, 5.74) is 9.67. The lowest BCUT2D eigenvalue weighted by molar-refractivity contribution is -0.144. The van der Waals surface area contributed by atoms with Gasteiger partial charge in [0.25, 0.3) is 0 Å². The summed E-state index contributed by atoms with van der Waals surface area (Å²) in [6.07, 6.45) is -2.90. The van der Waals surface area contributed by atoms with Gasteiger partial charge in [0.2, 0.25) is 0 Å². The number of nitrogens with two attached hydrogens (primary N) is 2. The van der Waals surface area contributed by atoms with E-state index in [2.05, 4.69) is 0 Å². The van der Waals surface area contributed by atoms with Crippen molar-refractivity contribution < 1.29 is 54.6 Å². The predicted octanol–water partition coefficient (Wildman–Crippen LogP) is -3.86. The first-order valence-corrected chi connectivity index (χ1v) is 5.13. The summed E-state index contributed by atoms with van der Waals surface area (Å²) >= 11 is 0. The Labute approximate surface area is 166 Å². The number of carboxylic acids is 4. The van der Waals surface area contributed by atoms with Gasteiger partial charge in [-0.1, -0.05) is 0 Å². The van der Waals surface area contributed by atoms with Gasteiger partial charge in [-0.05, 0) is 0 Å². The molecule has 0 rings (SSSR count). The monoisotopic (exact) mass is 380 g/mol. The van der Waals surface area contributed by atoms with Gasteiger partial charge in [-0.3, -0.25) is 19.2 Å². The molecule has 0 aliphatic rings. The van der Waals surface area contributed by atoms with Crippen LogP contribution in [-0.2, 0) is 19.2 Å². The van der Waals surface area contributed by atoms with E-state index >= 15 is 0 Å². The summed E-state index contributed by atoms with van der Waals surface area (Å²) in [7, 11) is 0. The average Bonchev–Trinajstić information content (AvgIpc) is 2.26.